The van der Waals surface area contributed by atoms with Crippen LogP contribution in [0.4, 0.5) is 0 Å². The lowest BCUT2D eigenvalue weighted by molar-refractivity contribution is -0.108. The monoisotopic (exact) mass is 300 g/mol. The highest BCUT2D eigenvalue weighted by Crippen LogP contribution is 2.24. The standard InChI is InChI=1S/C16H16N2O4/c1-22-11-4-5-12-13(16(21)17-10-2-3-10)9-15(20)18(6-7-19)14(12)8-11/h4-5,7-10H,2-3,6H2,1H3,(H,17,21). The third kappa shape index (κ3) is 2.59. The molecule has 1 fully saturated rings. The van der Waals surface area contributed by atoms with Crippen LogP contribution in [0, 0.1) is 0 Å². The van der Waals surface area contributed by atoms with Crippen molar-refractivity contribution >= 4 is 23.1 Å². The second kappa shape index (κ2) is 5.63. The second-order valence-corrected chi connectivity index (χ2v) is 5.30. The van der Waals surface area contributed by atoms with Crippen molar-refractivity contribution in [3.05, 3.63) is 40.2 Å². The van der Waals surface area contributed by atoms with Crippen molar-refractivity contribution in [3.63, 3.8) is 0 Å². The van der Waals surface area contributed by atoms with Gasteiger partial charge in [0.25, 0.3) is 11.5 Å². The molecule has 22 heavy (non-hydrogen) atoms. The molecular formula is C16H16N2O4. The minimum atomic E-state index is -0.381. The molecule has 1 aliphatic carbocycles. The lowest BCUT2D eigenvalue weighted by atomic mass is 10.1. The maximum atomic E-state index is 12.3. The molecule has 2 aromatic rings. The molecule has 1 aromatic carbocycles. The van der Waals surface area contributed by atoms with Gasteiger partial charge in [0.1, 0.15) is 12.0 Å². The molecule has 0 atom stereocenters. The molecule has 0 bridgehead atoms. The van der Waals surface area contributed by atoms with Crippen LogP contribution in [-0.2, 0) is 11.3 Å². The molecule has 0 aliphatic heterocycles. The lowest BCUT2D eigenvalue weighted by Crippen LogP contribution is -2.29. The van der Waals surface area contributed by atoms with E-state index in [-0.39, 0.29) is 24.1 Å². The van der Waals surface area contributed by atoms with E-state index in [9.17, 15) is 14.4 Å². The molecule has 0 spiro atoms. The molecule has 1 saturated carbocycles. The number of hydrogen-bond acceptors (Lipinski definition) is 4. The molecule has 6 nitrogen and oxygen atoms in total. The van der Waals surface area contributed by atoms with Gasteiger partial charge in [-0.05, 0) is 25.0 Å². The molecule has 0 radical (unpaired) electrons. The average Bonchev–Trinajstić information content (AvgIpc) is 3.33. The predicted octanol–water partition coefficient (Wildman–Crippen LogP) is 1.10. The van der Waals surface area contributed by atoms with Gasteiger partial charge < -0.3 is 19.4 Å². The first-order chi connectivity index (χ1) is 10.6. The van der Waals surface area contributed by atoms with Gasteiger partial charge in [0.15, 0.2) is 0 Å². The van der Waals surface area contributed by atoms with E-state index in [0.717, 1.165) is 12.8 Å². The summed E-state index contributed by atoms with van der Waals surface area (Å²) in [7, 11) is 1.52. The number of nitrogens with one attached hydrogen (secondary N) is 1. The Balaban J connectivity index is 2.20. The molecular weight excluding hydrogens is 284 g/mol. The van der Waals surface area contributed by atoms with E-state index >= 15 is 0 Å². The Morgan fingerprint density at radius 3 is 2.82 bits per heavy atom. The van der Waals surface area contributed by atoms with Crippen LogP contribution >= 0.6 is 0 Å². The number of aldehydes is 1. The van der Waals surface area contributed by atoms with Gasteiger partial charge in [-0.3, -0.25) is 9.59 Å². The molecule has 0 saturated heterocycles. The Morgan fingerprint density at radius 1 is 1.41 bits per heavy atom. The SMILES string of the molecule is COc1ccc2c(C(=O)NC3CC3)cc(=O)n(CC=O)c2c1. The number of amides is 1. The number of ether oxygens (including phenoxy) is 1. The first-order valence-electron chi connectivity index (χ1n) is 7.10. The van der Waals surface area contributed by atoms with Crippen LogP contribution in [0.15, 0.2) is 29.1 Å². The van der Waals surface area contributed by atoms with Crippen LogP contribution in [-0.4, -0.2) is 29.9 Å². The van der Waals surface area contributed by atoms with Gasteiger partial charge in [0.2, 0.25) is 0 Å². The minimum absolute atomic E-state index is 0.0625. The number of carbonyl (C=O) groups is 2. The van der Waals surface area contributed by atoms with Crippen LogP contribution in [0.2, 0.25) is 0 Å². The van der Waals surface area contributed by atoms with E-state index in [2.05, 4.69) is 5.32 Å². The number of fused-ring (bicyclic) bond motifs is 1. The van der Waals surface area contributed by atoms with Gasteiger partial charge >= 0.3 is 0 Å². The topological polar surface area (TPSA) is 77.4 Å². The Kier molecular flexibility index (Phi) is 3.66. The van der Waals surface area contributed by atoms with Crippen molar-refractivity contribution in [2.24, 2.45) is 0 Å². The van der Waals surface area contributed by atoms with E-state index in [1.807, 2.05) is 0 Å². The predicted molar refractivity (Wildman–Crippen MR) is 81.3 cm³/mol. The smallest absolute Gasteiger partial charge is 0.252 e. The molecule has 1 heterocycles. The van der Waals surface area contributed by atoms with Gasteiger partial charge in [0, 0.05) is 23.6 Å². The zero-order valence-electron chi connectivity index (χ0n) is 12.2. The summed E-state index contributed by atoms with van der Waals surface area (Å²) in [4.78, 5) is 35.4. The summed E-state index contributed by atoms with van der Waals surface area (Å²) in [6.45, 7) is -0.0625. The highest BCUT2D eigenvalue weighted by molar-refractivity contribution is 6.06. The lowest BCUT2D eigenvalue weighted by Gasteiger charge is -2.13. The van der Waals surface area contributed by atoms with Crippen molar-refractivity contribution in [1.29, 1.82) is 0 Å². The molecule has 1 aromatic heterocycles. The highest BCUT2D eigenvalue weighted by Gasteiger charge is 2.25. The Hall–Kier alpha value is -2.63. The van der Waals surface area contributed by atoms with Crippen molar-refractivity contribution in [2.45, 2.75) is 25.4 Å². The first kappa shape index (κ1) is 14.3. The fourth-order valence-corrected chi connectivity index (χ4v) is 2.43. The maximum Gasteiger partial charge on any atom is 0.252 e. The Bertz CT molecular complexity index is 806. The van der Waals surface area contributed by atoms with Crippen molar-refractivity contribution in [1.82, 2.24) is 9.88 Å². The summed E-state index contributed by atoms with van der Waals surface area (Å²) in [6.07, 6.45) is 2.60. The van der Waals surface area contributed by atoms with Crippen LogP contribution < -0.4 is 15.6 Å². The molecule has 1 aliphatic rings. The fraction of sp³-hybridized carbons (Fsp3) is 0.312. The van der Waals surface area contributed by atoms with Crippen LogP contribution in [0.1, 0.15) is 23.2 Å². The van der Waals surface area contributed by atoms with Gasteiger partial charge in [-0.25, -0.2) is 0 Å². The normalized spacial score (nSPS) is 13.9. The van der Waals surface area contributed by atoms with Crippen molar-refractivity contribution in [2.75, 3.05) is 7.11 Å². The molecule has 0 unspecified atom stereocenters. The van der Waals surface area contributed by atoms with E-state index < -0.39 is 0 Å². The third-order valence-corrected chi connectivity index (χ3v) is 3.73. The molecule has 6 heteroatoms. The van der Waals surface area contributed by atoms with Gasteiger partial charge in [-0.2, -0.15) is 0 Å². The fourth-order valence-electron chi connectivity index (χ4n) is 2.43. The second-order valence-electron chi connectivity index (χ2n) is 5.30. The number of rotatable bonds is 5. The van der Waals surface area contributed by atoms with Crippen LogP contribution in [0.3, 0.4) is 0 Å². The van der Waals surface area contributed by atoms with Crippen LogP contribution in [0.25, 0.3) is 10.9 Å². The summed E-state index contributed by atoms with van der Waals surface area (Å²) in [5, 5.41) is 3.51. The maximum absolute atomic E-state index is 12.3. The van der Waals surface area contributed by atoms with E-state index in [0.29, 0.717) is 28.5 Å². The van der Waals surface area contributed by atoms with Gasteiger partial charge in [-0.15, -0.1) is 0 Å². The average molecular weight is 300 g/mol. The summed E-state index contributed by atoms with van der Waals surface area (Å²) in [6, 6.07) is 6.62. The van der Waals surface area contributed by atoms with Crippen LogP contribution in [0.5, 0.6) is 5.75 Å². The number of hydrogen-bond donors (Lipinski definition) is 1. The van der Waals surface area contributed by atoms with E-state index in [1.165, 1.54) is 17.7 Å². The third-order valence-electron chi connectivity index (χ3n) is 3.73. The number of nitrogens with zero attached hydrogens (tertiary/aromatic N) is 1. The largest absolute Gasteiger partial charge is 0.497 e. The number of methoxy groups -OCH3 is 1. The number of aromatic nitrogens is 1. The highest BCUT2D eigenvalue weighted by atomic mass is 16.5. The summed E-state index contributed by atoms with van der Waals surface area (Å²) >= 11 is 0. The quantitative estimate of drug-likeness (QED) is 0.839. The zero-order chi connectivity index (χ0) is 15.7. The van der Waals surface area contributed by atoms with Crippen molar-refractivity contribution in [3.8, 4) is 5.75 Å². The summed E-state index contributed by atoms with van der Waals surface area (Å²) in [5.41, 5.74) is 0.463. The number of benzene rings is 1. The number of carbonyl (C=O) groups excluding carboxylic acids is 2. The van der Waals surface area contributed by atoms with Gasteiger partial charge in [0.05, 0.1) is 24.7 Å². The minimum Gasteiger partial charge on any atom is -0.497 e. The van der Waals surface area contributed by atoms with E-state index in [1.54, 1.807) is 18.2 Å². The van der Waals surface area contributed by atoms with Crippen molar-refractivity contribution < 1.29 is 14.3 Å². The first-order valence-corrected chi connectivity index (χ1v) is 7.10. The Morgan fingerprint density at radius 2 is 2.18 bits per heavy atom. The molecule has 1 N–H and O–H groups in total. The molecule has 114 valence electrons. The number of pyridine rings is 1. The molecule has 3 rings (SSSR count). The van der Waals surface area contributed by atoms with E-state index in [4.69, 9.17) is 4.74 Å². The summed E-state index contributed by atoms with van der Waals surface area (Å²) < 4.78 is 6.50. The molecule has 1 amide bonds. The van der Waals surface area contributed by atoms with Gasteiger partial charge in [-0.1, -0.05) is 0 Å². The zero-order valence-corrected chi connectivity index (χ0v) is 12.2. The Labute approximate surface area is 126 Å². The summed E-state index contributed by atoms with van der Waals surface area (Å²) in [5.74, 6) is 0.305.